The lowest BCUT2D eigenvalue weighted by atomic mass is 9.92. The molecule has 0 spiro atoms. The Morgan fingerprint density at radius 2 is 1.56 bits per heavy atom. The normalized spacial score (nSPS) is 12.5. The summed E-state index contributed by atoms with van der Waals surface area (Å²) in [5.74, 6) is -4.83. The third-order valence-electron chi connectivity index (χ3n) is 5.58. The van der Waals surface area contributed by atoms with E-state index in [1.807, 2.05) is 0 Å². The van der Waals surface area contributed by atoms with E-state index in [0.29, 0.717) is 6.07 Å². The van der Waals surface area contributed by atoms with Gasteiger partial charge in [-0.2, -0.15) is 49.8 Å². The number of nitrogens with one attached hydrogen (secondary N) is 1. The van der Waals surface area contributed by atoms with Crippen LogP contribution >= 0.6 is 15.9 Å². The Balaban J connectivity index is 2.06. The van der Waals surface area contributed by atoms with E-state index in [9.17, 15) is 58.7 Å². The molecule has 0 saturated carbocycles. The highest BCUT2D eigenvalue weighted by Gasteiger charge is 2.73. The molecule has 2 amide bonds. The fourth-order valence-electron chi connectivity index (χ4n) is 3.50. The van der Waals surface area contributed by atoms with Gasteiger partial charge in [0, 0.05) is 16.2 Å². The number of hydrogen-bond acceptors (Lipinski definition) is 5. The van der Waals surface area contributed by atoms with Gasteiger partial charge in [-0.15, -0.1) is 0 Å². The highest BCUT2D eigenvalue weighted by Crippen LogP contribution is 2.55. The lowest BCUT2D eigenvalue weighted by Crippen LogP contribution is -2.50. The minimum Gasteiger partial charge on any atom is -0.320 e. The van der Waals surface area contributed by atoms with Crippen molar-refractivity contribution in [2.24, 2.45) is 0 Å². The van der Waals surface area contributed by atoms with Crippen molar-refractivity contribution in [1.82, 2.24) is 4.98 Å². The van der Waals surface area contributed by atoms with Crippen LogP contribution in [0.2, 0.25) is 0 Å². The molecule has 0 unspecified atom stereocenters. The van der Waals surface area contributed by atoms with Crippen molar-refractivity contribution >= 4 is 39.1 Å². The molecule has 3 rings (SSSR count). The fraction of sp³-hybridized carbons (Fsp3) is 0.167. The number of nitrogens with zero attached hydrogens (tertiary/aromatic N) is 3. The summed E-state index contributed by atoms with van der Waals surface area (Å²) in [5, 5.41) is 20.1. The first-order valence-electron chi connectivity index (χ1n) is 10.9. The summed E-state index contributed by atoms with van der Waals surface area (Å²) >= 11 is 2.30. The van der Waals surface area contributed by atoms with Crippen LogP contribution in [-0.2, 0) is 11.8 Å². The number of carbonyl (C=O) groups excluding carboxylic acids is 2. The van der Waals surface area contributed by atoms with Crippen molar-refractivity contribution in [2.75, 3.05) is 10.4 Å². The van der Waals surface area contributed by atoms with Crippen LogP contribution in [0.1, 0.15) is 37.5 Å². The molecule has 0 aliphatic rings. The molecule has 7 nitrogen and oxygen atoms in total. The van der Waals surface area contributed by atoms with Gasteiger partial charge in [0.1, 0.15) is 17.5 Å². The number of aromatic nitrogens is 1. The number of amides is 2. The van der Waals surface area contributed by atoms with Gasteiger partial charge < -0.3 is 5.32 Å². The van der Waals surface area contributed by atoms with Gasteiger partial charge >= 0.3 is 24.2 Å². The zero-order valence-corrected chi connectivity index (χ0v) is 21.8. The van der Waals surface area contributed by atoms with E-state index >= 15 is 4.39 Å². The molecule has 0 aliphatic heterocycles. The molecule has 228 valence electrons. The molecule has 0 saturated heterocycles. The molecule has 2 N–H and O–H groups in total. The van der Waals surface area contributed by atoms with E-state index in [2.05, 4.69) is 20.9 Å². The quantitative estimate of drug-likeness (QED) is 0.164. The molecule has 43 heavy (non-hydrogen) atoms. The van der Waals surface area contributed by atoms with Gasteiger partial charge in [-0.3, -0.25) is 14.8 Å². The van der Waals surface area contributed by atoms with Crippen molar-refractivity contribution in [3.8, 4) is 6.07 Å². The molecular weight excluding hydrogens is 681 g/mol. The molecule has 19 heteroatoms. The Morgan fingerprint density at radius 3 is 2.05 bits per heavy atom. The standard InChI is InChI=1S/C24H10BrF11N4O3/c25-15-7-11(21(27,23(31,32)33)24(34,35)36)6-14(22(28,29)30)18(15)39-19(41)13-2-1-3-16(17(13)26)40(43)20(42)10-4-5-12(8-37)38-9-10/h1-7,9,43H,(H,39,41). The minimum absolute atomic E-state index is 0.127. The third kappa shape index (κ3) is 6.24. The zero-order valence-electron chi connectivity index (χ0n) is 20.3. The molecule has 2 aromatic carbocycles. The number of nitriles is 1. The number of benzene rings is 2. The van der Waals surface area contributed by atoms with Gasteiger partial charge in [0.15, 0.2) is 5.82 Å². The van der Waals surface area contributed by atoms with E-state index in [-0.39, 0.29) is 22.4 Å². The molecule has 0 radical (unpaired) electrons. The average Bonchev–Trinajstić information content (AvgIpc) is 2.90. The highest BCUT2D eigenvalue weighted by molar-refractivity contribution is 9.10. The number of alkyl halides is 10. The molecule has 0 fully saturated rings. The van der Waals surface area contributed by atoms with Gasteiger partial charge in [-0.1, -0.05) is 6.07 Å². The second kappa shape index (κ2) is 11.4. The average molecular weight is 691 g/mol. The number of anilines is 2. The maximum Gasteiger partial charge on any atom is 0.435 e. The predicted molar refractivity (Wildman–Crippen MR) is 126 cm³/mol. The number of halogens is 12. The maximum atomic E-state index is 15.2. The summed E-state index contributed by atoms with van der Waals surface area (Å²) in [7, 11) is 0. The Hall–Kier alpha value is -4.31. The highest BCUT2D eigenvalue weighted by atomic mass is 79.9. The summed E-state index contributed by atoms with van der Waals surface area (Å²) < 4.78 is 149. The molecule has 1 aromatic heterocycles. The van der Waals surface area contributed by atoms with Crippen LogP contribution in [0, 0.1) is 17.1 Å². The second-order valence-corrected chi connectivity index (χ2v) is 9.14. The molecule has 3 aromatic rings. The number of hydroxylamine groups is 1. The summed E-state index contributed by atoms with van der Waals surface area (Å²) in [4.78, 5) is 28.8. The van der Waals surface area contributed by atoms with Crippen molar-refractivity contribution in [2.45, 2.75) is 24.2 Å². The van der Waals surface area contributed by atoms with E-state index in [4.69, 9.17) is 5.26 Å². The predicted octanol–water partition coefficient (Wildman–Crippen LogP) is 7.45. The van der Waals surface area contributed by atoms with Crippen LogP contribution in [0.4, 0.5) is 59.7 Å². The molecule has 0 atom stereocenters. The van der Waals surface area contributed by atoms with Crippen LogP contribution < -0.4 is 10.4 Å². The number of rotatable bonds is 5. The third-order valence-corrected chi connectivity index (χ3v) is 6.21. The Kier molecular flexibility index (Phi) is 8.81. The summed E-state index contributed by atoms with van der Waals surface area (Å²) in [5.41, 5.74) is -15.4. The number of hydrogen-bond donors (Lipinski definition) is 2. The minimum atomic E-state index is -6.76. The Bertz CT molecular complexity index is 1600. The van der Waals surface area contributed by atoms with Gasteiger partial charge in [-0.05, 0) is 52.3 Å². The van der Waals surface area contributed by atoms with E-state index in [1.165, 1.54) is 5.32 Å². The fourth-order valence-corrected chi connectivity index (χ4v) is 4.06. The van der Waals surface area contributed by atoms with Gasteiger partial charge in [0.2, 0.25) is 0 Å². The largest absolute Gasteiger partial charge is 0.435 e. The van der Waals surface area contributed by atoms with Gasteiger partial charge in [0.25, 0.3) is 11.8 Å². The van der Waals surface area contributed by atoms with Crippen molar-refractivity contribution in [1.29, 1.82) is 5.26 Å². The molecular formula is C24H10BrF11N4O3. The summed E-state index contributed by atoms with van der Waals surface area (Å²) in [6.45, 7) is 0. The lowest BCUT2D eigenvalue weighted by Gasteiger charge is -2.31. The first-order valence-corrected chi connectivity index (χ1v) is 11.7. The summed E-state index contributed by atoms with van der Waals surface area (Å²) in [6, 6.07) is 4.89. The smallest absolute Gasteiger partial charge is 0.320 e. The van der Waals surface area contributed by atoms with Crippen molar-refractivity contribution in [3.63, 3.8) is 0 Å². The number of carbonyl (C=O) groups is 2. The van der Waals surface area contributed by atoms with Crippen LogP contribution in [0.25, 0.3) is 0 Å². The first kappa shape index (κ1) is 33.2. The topological polar surface area (TPSA) is 106 Å². The number of pyridine rings is 1. The van der Waals surface area contributed by atoms with E-state index < -0.39 is 80.4 Å². The first-order chi connectivity index (χ1) is 19.6. The molecule has 0 bridgehead atoms. The molecule has 1 heterocycles. The Labute approximate surface area is 240 Å². The maximum absolute atomic E-state index is 15.2. The van der Waals surface area contributed by atoms with Crippen LogP contribution in [0.15, 0.2) is 53.1 Å². The SMILES string of the molecule is N#Cc1ccc(C(=O)N(O)c2cccc(C(=O)Nc3c(Br)cc(C(F)(C(F)(F)F)C(F)(F)F)cc3C(F)(F)F)c2F)cn1. The Morgan fingerprint density at radius 1 is 0.953 bits per heavy atom. The second-order valence-electron chi connectivity index (χ2n) is 8.29. The monoisotopic (exact) mass is 690 g/mol. The van der Waals surface area contributed by atoms with E-state index in [0.717, 1.165) is 30.5 Å². The van der Waals surface area contributed by atoms with Gasteiger partial charge in [0.05, 0.1) is 22.4 Å². The lowest BCUT2D eigenvalue weighted by molar-refractivity contribution is -0.348. The van der Waals surface area contributed by atoms with Crippen molar-refractivity contribution in [3.05, 3.63) is 86.9 Å². The van der Waals surface area contributed by atoms with Gasteiger partial charge in [-0.25, -0.2) is 13.8 Å². The van der Waals surface area contributed by atoms with Crippen molar-refractivity contribution < 1.29 is 63.1 Å². The zero-order chi connectivity index (χ0) is 32.7. The van der Waals surface area contributed by atoms with Crippen LogP contribution in [-0.4, -0.2) is 34.4 Å². The van der Waals surface area contributed by atoms with Crippen LogP contribution in [0.5, 0.6) is 0 Å². The summed E-state index contributed by atoms with van der Waals surface area (Å²) in [6.07, 6.45) is -18.5. The van der Waals surface area contributed by atoms with Crippen LogP contribution in [0.3, 0.4) is 0 Å². The van der Waals surface area contributed by atoms with E-state index in [1.54, 1.807) is 6.07 Å². The molecule has 0 aliphatic carbocycles.